The van der Waals surface area contributed by atoms with Crippen LogP contribution >= 0.6 is 0 Å². The van der Waals surface area contributed by atoms with E-state index in [-0.39, 0.29) is 0 Å². The molecule has 0 heterocycles. The van der Waals surface area contributed by atoms with E-state index < -0.39 is 0 Å². The molecule has 0 aromatic heterocycles. The molecule has 0 aromatic rings. The monoisotopic (exact) mass is 224 g/mol. The second-order valence-electron chi connectivity index (χ2n) is 5.21. The van der Waals surface area contributed by atoms with Gasteiger partial charge in [0.2, 0.25) is 5.96 Å². The molecule has 0 radical (unpaired) electrons. The first-order valence-electron chi connectivity index (χ1n) is 6.55. The van der Waals surface area contributed by atoms with Crippen LogP contribution in [-0.2, 0) is 0 Å². The summed E-state index contributed by atoms with van der Waals surface area (Å²) in [6, 6.07) is 1.05. The minimum Gasteiger partial charge on any atom is -0.353 e. The van der Waals surface area contributed by atoms with Crippen molar-refractivity contribution in [3.63, 3.8) is 0 Å². The molecule has 0 saturated heterocycles. The van der Waals surface area contributed by atoms with Gasteiger partial charge in [-0.1, -0.05) is 20.3 Å². The lowest BCUT2D eigenvalue weighted by atomic mass is 9.94. The highest BCUT2D eigenvalue weighted by atomic mass is 15.3. The van der Waals surface area contributed by atoms with E-state index in [4.69, 9.17) is 10.8 Å². The molecular weight excluding hydrogens is 200 g/mol. The summed E-state index contributed by atoms with van der Waals surface area (Å²) in [6.45, 7) is 4.60. The fraction of sp³-hybridized carbons (Fsp3) is 0.917. The highest BCUT2D eigenvalue weighted by Crippen LogP contribution is 2.35. The van der Waals surface area contributed by atoms with E-state index in [9.17, 15) is 0 Å². The maximum Gasteiger partial charge on any atom is 0.206 e. The van der Waals surface area contributed by atoms with Crippen LogP contribution in [0.5, 0.6) is 0 Å². The van der Waals surface area contributed by atoms with Crippen LogP contribution in [0.3, 0.4) is 0 Å². The minimum absolute atomic E-state index is 0.447. The molecule has 0 aliphatic heterocycles. The van der Waals surface area contributed by atoms with Gasteiger partial charge in [-0.05, 0) is 37.5 Å². The van der Waals surface area contributed by atoms with Crippen LogP contribution in [0.4, 0.5) is 0 Å². The summed E-state index contributed by atoms with van der Waals surface area (Å²) in [6.07, 6.45) is 6.29. The van der Waals surface area contributed by atoms with E-state index >= 15 is 0 Å². The number of nitrogens with zero attached hydrogens (tertiary/aromatic N) is 1. The van der Waals surface area contributed by atoms with Gasteiger partial charge < -0.3 is 5.32 Å². The third-order valence-electron chi connectivity index (χ3n) is 4.06. The lowest BCUT2D eigenvalue weighted by Gasteiger charge is -2.18. The lowest BCUT2D eigenvalue weighted by molar-refractivity contribution is 0.382. The molecule has 92 valence electrons. The van der Waals surface area contributed by atoms with Crippen LogP contribution in [0.2, 0.25) is 0 Å². The number of guanidine groups is 1. The fourth-order valence-electron chi connectivity index (χ4n) is 2.69. The number of aliphatic imine (C=N–C) groups is 1. The Kier molecular flexibility index (Phi) is 3.69. The standard InChI is InChI=1S/C12H24N4/c1-3-9-4-7-11(8(9)2)15-12(16-13)14-10-5-6-10/h8-11H,3-7,13H2,1-2H3,(H2,14,15,16). The van der Waals surface area contributed by atoms with E-state index in [0.717, 1.165) is 11.9 Å². The number of hydrogen-bond acceptors (Lipinski definition) is 2. The average molecular weight is 224 g/mol. The van der Waals surface area contributed by atoms with Gasteiger partial charge in [0, 0.05) is 6.04 Å². The van der Waals surface area contributed by atoms with E-state index in [1.165, 1.54) is 32.1 Å². The van der Waals surface area contributed by atoms with Crippen LogP contribution in [0.15, 0.2) is 4.99 Å². The Morgan fingerprint density at radius 1 is 1.31 bits per heavy atom. The Hall–Kier alpha value is -0.770. The second-order valence-corrected chi connectivity index (χ2v) is 5.21. The number of nitrogens with one attached hydrogen (secondary N) is 2. The summed E-state index contributed by atoms with van der Waals surface area (Å²) in [5.41, 5.74) is 2.69. The minimum atomic E-state index is 0.447. The number of hydrazine groups is 1. The van der Waals surface area contributed by atoms with Crippen LogP contribution in [0, 0.1) is 11.8 Å². The smallest absolute Gasteiger partial charge is 0.206 e. The van der Waals surface area contributed by atoms with Gasteiger partial charge in [0.15, 0.2) is 0 Å². The largest absolute Gasteiger partial charge is 0.353 e. The van der Waals surface area contributed by atoms with Gasteiger partial charge in [-0.15, -0.1) is 0 Å². The first-order valence-corrected chi connectivity index (χ1v) is 6.55. The summed E-state index contributed by atoms with van der Waals surface area (Å²) in [5.74, 6) is 7.81. The van der Waals surface area contributed by atoms with Crippen LogP contribution in [0.25, 0.3) is 0 Å². The van der Waals surface area contributed by atoms with E-state index in [0.29, 0.717) is 18.0 Å². The van der Waals surface area contributed by atoms with Gasteiger partial charge in [-0.3, -0.25) is 5.43 Å². The van der Waals surface area contributed by atoms with Crippen molar-refractivity contribution in [2.24, 2.45) is 22.7 Å². The Morgan fingerprint density at radius 2 is 2.06 bits per heavy atom. The summed E-state index contributed by atoms with van der Waals surface area (Å²) in [5, 5.41) is 3.33. The summed E-state index contributed by atoms with van der Waals surface area (Å²) in [7, 11) is 0. The zero-order chi connectivity index (χ0) is 11.5. The van der Waals surface area contributed by atoms with Crippen molar-refractivity contribution in [2.75, 3.05) is 0 Å². The van der Waals surface area contributed by atoms with Crippen molar-refractivity contribution in [3.05, 3.63) is 0 Å². The second kappa shape index (κ2) is 5.04. The van der Waals surface area contributed by atoms with Crippen molar-refractivity contribution in [2.45, 2.75) is 58.0 Å². The normalized spacial score (nSPS) is 35.2. The molecule has 4 nitrogen and oxygen atoms in total. The van der Waals surface area contributed by atoms with Gasteiger partial charge in [0.25, 0.3) is 0 Å². The quantitative estimate of drug-likeness (QED) is 0.294. The van der Waals surface area contributed by atoms with Crippen molar-refractivity contribution < 1.29 is 0 Å². The first-order chi connectivity index (χ1) is 7.74. The molecular formula is C12H24N4. The lowest BCUT2D eigenvalue weighted by Crippen LogP contribution is -2.43. The number of nitrogens with two attached hydrogens (primary N) is 1. The molecule has 3 unspecified atom stereocenters. The molecule has 2 rings (SSSR count). The summed E-state index contributed by atoms with van der Waals surface area (Å²) < 4.78 is 0. The molecule has 16 heavy (non-hydrogen) atoms. The Bertz CT molecular complexity index is 260. The third kappa shape index (κ3) is 2.67. The molecule has 0 aromatic carbocycles. The molecule has 0 bridgehead atoms. The predicted octanol–water partition coefficient (Wildman–Crippen LogP) is 1.38. The molecule has 4 heteroatoms. The first kappa shape index (κ1) is 11.7. The molecule has 2 fully saturated rings. The molecule has 2 aliphatic rings. The zero-order valence-electron chi connectivity index (χ0n) is 10.4. The van der Waals surface area contributed by atoms with Gasteiger partial charge in [-0.2, -0.15) is 0 Å². The highest BCUT2D eigenvalue weighted by molar-refractivity contribution is 5.80. The number of rotatable bonds is 3. The van der Waals surface area contributed by atoms with Crippen molar-refractivity contribution in [1.29, 1.82) is 0 Å². The van der Waals surface area contributed by atoms with Crippen LogP contribution in [0.1, 0.15) is 46.0 Å². The third-order valence-corrected chi connectivity index (χ3v) is 4.06. The maximum absolute atomic E-state index is 5.50. The van der Waals surface area contributed by atoms with Crippen molar-refractivity contribution >= 4 is 5.96 Å². The topological polar surface area (TPSA) is 62.4 Å². The maximum atomic E-state index is 5.50. The summed E-state index contributed by atoms with van der Waals surface area (Å²) in [4.78, 5) is 4.72. The van der Waals surface area contributed by atoms with E-state index in [2.05, 4.69) is 24.6 Å². The molecule has 0 spiro atoms. The average Bonchev–Trinajstić information content (AvgIpc) is 3.04. The molecule has 0 amide bonds. The van der Waals surface area contributed by atoms with Gasteiger partial charge in [0.05, 0.1) is 6.04 Å². The van der Waals surface area contributed by atoms with Crippen LogP contribution in [-0.4, -0.2) is 18.0 Å². The highest BCUT2D eigenvalue weighted by Gasteiger charge is 2.32. The molecule has 2 aliphatic carbocycles. The Labute approximate surface area is 98.0 Å². The van der Waals surface area contributed by atoms with Crippen molar-refractivity contribution in [3.8, 4) is 0 Å². The van der Waals surface area contributed by atoms with E-state index in [1.54, 1.807) is 0 Å². The molecule has 3 atom stereocenters. The van der Waals surface area contributed by atoms with E-state index in [1.807, 2.05) is 0 Å². The summed E-state index contributed by atoms with van der Waals surface area (Å²) >= 11 is 0. The van der Waals surface area contributed by atoms with Crippen LogP contribution < -0.4 is 16.6 Å². The van der Waals surface area contributed by atoms with Gasteiger partial charge in [0.1, 0.15) is 0 Å². The predicted molar refractivity (Wildman–Crippen MR) is 66.9 cm³/mol. The van der Waals surface area contributed by atoms with Gasteiger partial charge >= 0.3 is 0 Å². The zero-order valence-corrected chi connectivity index (χ0v) is 10.4. The Balaban J connectivity index is 1.92. The Morgan fingerprint density at radius 3 is 2.56 bits per heavy atom. The molecule has 4 N–H and O–H groups in total. The number of hydrogen-bond donors (Lipinski definition) is 3. The SMILES string of the molecule is CCC1CCC(N=C(NN)NC2CC2)C1C. The fourth-order valence-corrected chi connectivity index (χ4v) is 2.69. The van der Waals surface area contributed by atoms with Gasteiger partial charge in [-0.25, -0.2) is 10.8 Å². The van der Waals surface area contributed by atoms with Crippen molar-refractivity contribution in [1.82, 2.24) is 10.7 Å². The molecule has 2 saturated carbocycles.